The van der Waals surface area contributed by atoms with E-state index in [-0.39, 0.29) is 40.3 Å². The van der Waals surface area contributed by atoms with Gasteiger partial charge in [-0.3, -0.25) is 14.9 Å². The zero-order chi connectivity index (χ0) is 20.3. The van der Waals surface area contributed by atoms with E-state index >= 15 is 0 Å². The number of anilines is 1. The lowest BCUT2D eigenvalue weighted by Gasteiger charge is -2.31. The van der Waals surface area contributed by atoms with E-state index in [1.165, 1.54) is 6.07 Å². The molecular weight excluding hydrogens is 430 g/mol. The van der Waals surface area contributed by atoms with Crippen molar-refractivity contribution in [2.24, 2.45) is 5.73 Å². The van der Waals surface area contributed by atoms with E-state index in [4.69, 9.17) is 15.2 Å². The highest BCUT2D eigenvalue weighted by Crippen LogP contribution is 2.40. The second-order valence-electron chi connectivity index (χ2n) is 5.16. The smallest absolute Gasteiger partial charge is 0.355 e. The molecule has 2 N–H and O–H groups in total. The highest BCUT2D eigenvalue weighted by atomic mass is 79.9. The van der Waals surface area contributed by atoms with E-state index in [2.05, 4.69) is 20.7 Å². The van der Waals surface area contributed by atoms with E-state index < -0.39 is 28.5 Å². The summed E-state index contributed by atoms with van der Waals surface area (Å²) in [5.74, 6) is -2.65. The first kappa shape index (κ1) is 20.3. The third-order valence-corrected chi connectivity index (χ3v) is 4.23. The normalized spacial score (nSPS) is 14.0. The van der Waals surface area contributed by atoms with Crippen LogP contribution < -0.4 is 10.6 Å². The lowest BCUT2D eigenvalue weighted by molar-refractivity contribution is -0.384. The van der Waals surface area contributed by atoms with Gasteiger partial charge in [0.25, 0.3) is 5.69 Å². The van der Waals surface area contributed by atoms with Crippen molar-refractivity contribution in [3.05, 3.63) is 43.6 Å². The fourth-order valence-corrected chi connectivity index (χ4v) is 3.12. The van der Waals surface area contributed by atoms with Crippen molar-refractivity contribution in [1.82, 2.24) is 0 Å². The number of nitrogens with two attached hydrogens (primary N) is 1. The van der Waals surface area contributed by atoms with Crippen molar-refractivity contribution in [1.29, 1.82) is 0 Å². The maximum atomic E-state index is 12.3. The van der Waals surface area contributed by atoms with Gasteiger partial charge >= 0.3 is 11.9 Å². The fourth-order valence-electron chi connectivity index (χ4n) is 2.45. The Balaban J connectivity index is 2.78. The maximum Gasteiger partial charge on any atom is 0.355 e. The SMILES string of the molecule is COC(=O)C1=C(C(=O)OC)N(c2c(Br)cc(C(N)=O)cc2[N+](=O)[O-])COC1. The van der Waals surface area contributed by atoms with Gasteiger partial charge in [0.05, 0.1) is 31.3 Å². The second kappa shape index (κ2) is 8.14. The number of carbonyl (C=O) groups excluding carboxylic acids is 3. The molecule has 0 radical (unpaired) electrons. The lowest BCUT2D eigenvalue weighted by Crippen LogP contribution is -2.39. The van der Waals surface area contributed by atoms with E-state index in [0.29, 0.717) is 0 Å². The van der Waals surface area contributed by atoms with Gasteiger partial charge < -0.3 is 24.8 Å². The van der Waals surface area contributed by atoms with Gasteiger partial charge in [0.15, 0.2) is 0 Å². The van der Waals surface area contributed by atoms with Gasteiger partial charge in [-0.1, -0.05) is 0 Å². The Morgan fingerprint density at radius 2 is 1.89 bits per heavy atom. The molecule has 1 heterocycles. The summed E-state index contributed by atoms with van der Waals surface area (Å²) in [6.45, 7) is -0.543. The Morgan fingerprint density at radius 1 is 1.26 bits per heavy atom. The van der Waals surface area contributed by atoms with Crippen molar-refractivity contribution >= 4 is 45.2 Å². The minimum Gasteiger partial charge on any atom is -0.466 e. The molecule has 1 aromatic rings. The first-order valence-corrected chi connectivity index (χ1v) is 8.05. The Kier molecular flexibility index (Phi) is 6.13. The van der Waals surface area contributed by atoms with Crippen molar-refractivity contribution in [2.45, 2.75) is 0 Å². The van der Waals surface area contributed by atoms with Crippen LogP contribution in [0.2, 0.25) is 0 Å². The zero-order valence-electron chi connectivity index (χ0n) is 14.2. The molecule has 0 saturated heterocycles. The molecule has 1 aliphatic heterocycles. The number of primary amides is 1. The number of hydrogen-bond donors (Lipinski definition) is 1. The van der Waals surface area contributed by atoms with E-state index in [9.17, 15) is 24.5 Å². The lowest BCUT2D eigenvalue weighted by atomic mass is 10.1. The Bertz CT molecular complexity index is 867. The third kappa shape index (κ3) is 3.90. The van der Waals surface area contributed by atoms with Crippen LogP contribution in [0.25, 0.3) is 0 Å². The molecule has 11 nitrogen and oxygen atoms in total. The van der Waals surface area contributed by atoms with Gasteiger partial charge in [-0.05, 0) is 22.0 Å². The average molecular weight is 444 g/mol. The number of ether oxygens (including phenoxy) is 3. The molecule has 0 aliphatic carbocycles. The van der Waals surface area contributed by atoms with E-state index in [1.54, 1.807) is 0 Å². The fraction of sp³-hybridized carbons (Fsp3) is 0.267. The van der Waals surface area contributed by atoms with Crippen LogP contribution in [0.5, 0.6) is 0 Å². The topological polar surface area (TPSA) is 151 Å². The van der Waals surface area contributed by atoms with E-state index in [0.717, 1.165) is 25.2 Å². The molecule has 144 valence electrons. The minimum atomic E-state index is -0.918. The van der Waals surface area contributed by atoms with Gasteiger partial charge in [0.1, 0.15) is 18.1 Å². The highest BCUT2D eigenvalue weighted by Gasteiger charge is 2.37. The summed E-state index contributed by atoms with van der Waals surface area (Å²) in [5, 5.41) is 11.6. The van der Waals surface area contributed by atoms with Gasteiger partial charge in [-0.25, -0.2) is 9.59 Å². The molecule has 1 amide bonds. The summed E-state index contributed by atoms with van der Waals surface area (Å²) in [5.41, 5.74) is 3.98. The number of halogens is 1. The number of carbonyl (C=O) groups is 3. The molecule has 1 aliphatic rings. The summed E-state index contributed by atoms with van der Waals surface area (Å²) >= 11 is 3.14. The van der Waals surface area contributed by atoms with Crippen molar-refractivity contribution in [3.63, 3.8) is 0 Å². The van der Waals surface area contributed by atoms with Gasteiger partial charge in [0.2, 0.25) is 5.91 Å². The number of amides is 1. The first-order valence-electron chi connectivity index (χ1n) is 7.25. The molecule has 0 aromatic heterocycles. The summed E-state index contributed by atoms with van der Waals surface area (Å²) in [6, 6.07) is 2.22. The van der Waals surface area contributed by atoms with Crippen molar-refractivity contribution in [2.75, 3.05) is 32.5 Å². The second-order valence-corrected chi connectivity index (χ2v) is 6.02. The Labute approximate surface area is 160 Å². The van der Waals surface area contributed by atoms with Crippen molar-refractivity contribution < 1.29 is 33.5 Å². The number of rotatable bonds is 5. The number of hydrogen-bond acceptors (Lipinski definition) is 9. The molecule has 1 aromatic carbocycles. The first-order chi connectivity index (χ1) is 12.7. The summed E-state index contributed by atoms with van der Waals surface area (Å²) in [6.07, 6.45) is 0. The van der Waals surface area contributed by atoms with Crippen molar-refractivity contribution in [3.8, 4) is 0 Å². The molecule has 27 heavy (non-hydrogen) atoms. The molecule has 0 atom stereocenters. The summed E-state index contributed by atoms with van der Waals surface area (Å²) in [4.78, 5) is 47.6. The largest absolute Gasteiger partial charge is 0.466 e. The molecule has 2 rings (SSSR count). The quantitative estimate of drug-likeness (QED) is 0.396. The van der Waals surface area contributed by atoms with Crippen LogP contribution in [-0.4, -0.2) is 50.3 Å². The number of nitrogens with zero attached hydrogens (tertiary/aromatic N) is 2. The highest BCUT2D eigenvalue weighted by molar-refractivity contribution is 9.10. The Hall–Kier alpha value is -2.99. The zero-order valence-corrected chi connectivity index (χ0v) is 15.8. The summed E-state index contributed by atoms with van der Waals surface area (Å²) in [7, 11) is 2.21. The Morgan fingerprint density at radius 3 is 2.41 bits per heavy atom. The number of nitro benzene ring substituents is 1. The predicted octanol–water partition coefficient (Wildman–Crippen LogP) is 0.850. The molecule has 0 bridgehead atoms. The standard InChI is InChI=1S/C15H14BrN3O8/c1-25-14(21)8-5-27-6-18(11(8)15(22)26-2)12-9(16)3-7(13(17)20)4-10(12)19(23)24/h3-4H,5-6H2,1-2H3,(H2,17,20). The monoisotopic (exact) mass is 443 g/mol. The molecule has 0 spiro atoms. The van der Waals surface area contributed by atoms with Crippen LogP contribution in [0.3, 0.4) is 0 Å². The maximum absolute atomic E-state index is 12.3. The number of methoxy groups -OCH3 is 2. The molecular formula is C15H14BrN3O8. The van der Waals surface area contributed by atoms with Crippen LogP contribution >= 0.6 is 15.9 Å². The third-order valence-electron chi connectivity index (χ3n) is 3.63. The minimum absolute atomic E-state index is 0.0848. The number of benzene rings is 1. The van der Waals surface area contributed by atoms with Crippen LogP contribution in [-0.2, 0) is 23.8 Å². The van der Waals surface area contributed by atoms with Crippen LogP contribution in [0.4, 0.5) is 11.4 Å². The van der Waals surface area contributed by atoms with Gasteiger partial charge in [-0.2, -0.15) is 0 Å². The van der Waals surface area contributed by atoms with Crippen LogP contribution in [0, 0.1) is 10.1 Å². The van der Waals surface area contributed by atoms with Crippen LogP contribution in [0.1, 0.15) is 10.4 Å². The molecule has 0 unspecified atom stereocenters. The molecule has 0 saturated carbocycles. The predicted molar refractivity (Wildman–Crippen MR) is 93.7 cm³/mol. The average Bonchev–Trinajstić information content (AvgIpc) is 2.65. The molecule has 12 heteroatoms. The van der Waals surface area contributed by atoms with Gasteiger partial charge in [-0.15, -0.1) is 0 Å². The number of nitro groups is 1. The summed E-state index contributed by atoms with van der Waals surface area (Å²) < 4.78 is 14.7. The molecule has 0 fully saturated rings. The van der Waals surface area contributed by atoms with Gasteiger partial charge in [0, 0.05) is 16.1 Å². The number of esters is 2. The van der Waals surface area contributed by atoms with E-state index in [1.807, 2.05) is 0 Å². The van der Waals surface area contributed by atoms with Crippen LogP contribution in [0.15, 0.2) is 27.9 Å².